The van der Waals surface area contributed by atoms with Gasteiger partial charge in [0.2, 0.25) is 0 Å². The quantitative estimate of drug-likeness (QED) is 0.398. The Morgan fingerprint density at radius 3 is 2.58 bits per heavy atom. The normalized spacial score (nSPS) is 27.5. The van der Waals surface area contributed by atoms with Gasteiger partial charge in [0.15, 0.2) is 11.8 Å². The Labute approximate surface area is 109 Å². The number of methoxy groups -OCH3 is 1. The second-order valence-electron chi connectivity index (χ2n) is 4.41. The van der Waals surface area contributed by atoms with Crippen molar-refractivity contribution in [2.75, 3.05) is 20.3 Å². The Hall–Kier alpha value is -1.64. The molecule has 0 amide bonds. The topological polar surface area (TPSA) is 146 Å². The minimum atomic E-state index is -1.50. The van der Waals surface area contributed by atoms with E-state index in [0.29, 0.717) is 0 Å². The van der Waals surface area contributed by atoms with E-state index >= 15 is 0 Å². The third kappa shape index (κ3) is 3.43. The average molecular weight is 274 g/mol. The first-order chi connectivity index (χ1) is 8.86. The van der Waals surface area contributed by atoms with Gasteiger partial charge in [0, 0.05) is 12.8 Å². The predicted molar refractivity (Wildman–Crippen MR) is 65.4 cm³/mol. The van der Waals surface area contributed by atoms with Crippen LogP contribution in [-0.2, 0) is 9.53 Å². The number of rotatable bonds is 5. The van der Waals surface area contributed by atoms with Crippen molar-refractivity contribution in [2.45, 2.75) is 24.5 Å². The van der Waals surface area contributed by atoms with Crippen LogP contribution in [0.25, 0.3) is 0 Å². The summed E-state index contributed by atoms with van der Waals surface area (Å²) in [4.78, 5) is 14.7. The molecule has 0 aliphatic heterocycles. The van der Waals surface area contributed by atoms with E-state index in [2.05, 4.69) is 4.99 Å². The summed E-state index contributed by atoms with van der Waals surface area (Å²) in [7, 11) is 1.34. The summed E-state index contributed by atoms with van der Waals surface area (Å²) in [6.07, 6.45) is -0.0975. The highest BCUT2D eigenvalue weighted by Gasteiger charge is 2.37. The Bertz CT molecular complexity index is 419. The molecule has 108 valence electrons. The van der Waals surface area contributed by atoms with E-state index in [1.807, 2.05) is 0 Å². The molecule has 6 N–H and O–H groups in total. The Morgan fingerprint density at radius 2 is 2.16 bits per heavy atom. The van der Waals surface area contributed by atoms with Crippen molar-refractivity contribution in [3.8, 4) is 0 Å². The van der Waals surface area contributed by atoms with Crippen LogP contribution >= 0.6 is 0 Å². The Balaban J connectivity index is 3.18. The molecule has 0 saturated carbocycles. The predicted octanol–water partition coefficient (Wildman–Crippen LogP) is -1.79. The van der Waals surface area contributed by atoms with Crippen molar-refractivity contribution in [1.82, 2.24) is 0 Å². The second kappa shape index (κ2) is 6.00. The van der Waals surface area contributed by atoms with Crippen LogP contribution in [0.1, 0.15) is 12.8 Å². The van der Waals surface area contributed by atoms with Gasteiger partial charge in [-0.2, -0.15) is 0 Å². The molecule has 8 nitrogen and oxygen atoms in total. The van der Waals surface area contributed by atoms with Gasteiger partial charge in [-0.1, -0.05) is 0 Å². The number of hydrogen-bond acceptors (Lipinski definition) is 7. The summed E-state index contributed by atoms with van der Waals surface area (Å²) >= 11 is 0. The van der Waals surface area contributed by atoms with E-state index in [1.165, 1.54) is 7.11 Å². The van der Waals surface area contributed by atoms with Crippen LogP contribution in [0, 0.1) is 0 Å². The van der Waals surface area contributed by atoms with E-state index in [9.17, 15) is 9.90 Å². The summed E-state index contributed by atoms with van der Waals surface area (Å²) in [5, 5.41) is 37.0. The van der Waals surface area contributed by atoms with E-state index in [4.69, 9.17) is 25.8 Å². The maximum atomic E-state index is 10.8. The molecule has 1 aliphatic rings. The van der Waals surface area contributed by atoms with Crippen LogP contribution in [0.5, 0.6) is 0 Å². The number of nitrogens with zero attached hydrogens (tertiary/aromatic N) is 1. The number of carboxylic acids is 1. The third-order valence-corrected chi connectivity index (χ3v) is 2.84. The molecular weight excluding hydrogens is 256 g/mol. The van der Waals surface area contributed by atoms with Crippen molar-refractivity contribution in [2.24, 2.45) is 10.7 Å². The van der Waals surface area contributed by atoms with Gasteiger partial charge >= 0.3 is 5.97 Å². The first-order valence-corrected chi connectivity index (χ1v) is 5.63. The summed E-state index contributed by atoms with van der Waals surface area (Å²) in [6.45, 7) is -1.23. The number of aliphatic hydroxyl groups is 3. The lowest BCUT2D eigenvalue weighted by molar-refractivity contribution is -0.139. The number of carbonyl (C=O) groups is 1. The minimum absolute atomic E-state index is 0.00254. The van der Waals surface area contributed by atoms with Crippen LogP contribution < -0.4 is 5.73 Å². The van der Waals surface area contributed by atoms with E-state index in [-0.39, 0.29) is 30.0 Å². The summed E-state index contributed by atoms with van der Waals surface area (Å²) in [5.41, 5.74) is 4.51. The molecule has 0 aromatic heterocycles. The minimum Gasteiger partial charge on any atom is -0.493 e. The zero-order valence-electron chi connectivity index (χ0n) is 10.5. The number of aliphatic hydroxyl groups excluding tert-OH is 2. The molecule has 0 aromatic rings. The number of allylic oxidation sites excluding steroid dienone is 1. The SMILES string of the molecule is COC1=C(N)CC(O)(CO)CC1=NC(CO)C(=O)O. The monoisotopic (exact) mass is 274 g/mol. The van der Waals surface area contributed by atoms with Gasteiger partial charge in [-0.25, -0.2) is 4.79 Å². The zero-order chi connectivity index (χ0) is 14.6. The van der Waals surface area contributed by atoms with Gasteiger partial charge in [0.1, 0.15) is 0 Å². The fourth-order valence-electron chi connectivity index (χ4n) is 1.90. The fourth-order valence-corrected chi connectivity index (χ4v) is 1.90. The van der Waals surface area contributed by atoms with Crippen LogP contribution in [-0.4, -0.2) is 64.1 Å². The molecule has 0 spiro atoms. The molecular formula is C11H18N2O6. The molecule has 0 fully saturated rings. The Kier molecular flexibility index (Phi) is 4.87. The number of aliphatic carboxylic acids is 1. The number of ether oxygens (including phenoxy) is 1. The van der Waals surface area contributed by atoms with Crippen LogP contribution in [0.3, 0.4) is 0 Å². The molecule has 0 aromatic carbocycles. The number of hydrogen-bond donors (Lipinski definition) is 5. The summed E-state index contributed by atoms with van der Waals surface area (Å²) in [5.74, 6) is -1.13. The standard InChI is InChI=1S/C11H18N2O6/c1-19-9-6(12)2-11(18,5-15)3-7(9)13-8(4-14)10(16)17/h8,14-15,18H,2-5,12H2,1H3,(H,16,17). The van der Waals surface area contributed by atoms with Crippen molar-refractivity contribution in [3.63, 3.8) is 0 Å². The van der Waals surface area contributed by atoms with Crippen molar-refractivity contribution >= 4 is 11.7 Å². The van der Waals surface area contributed by atoms with Gasteiger partial charge in [-0.15, -0.1) is 0 Å². The number of aliphatic imine (C=N–C) groups is 1. The molecule has 0 heterocycles. The fraction of sp³-hybridized carbons (Fsp3) is 0.636. The molecule has 0 radical (unpaired) electrons. The van der Waals surface area contributed by atoms with Crippen molar-refractivity contribution in [3.05, 3.63) is 11.5 Å². The molecule has 8 heteroatoms. The first kappa shape index (κ1) is 15.4. The maximum Gasteiger partial charge on any atom is 0.330 e. The number of nitrogens with two attached hydrogens (primary N) is 1. The highest BCUT2D eigenvalue weighted by Crippen LogP contribution is 2.29. The lowest BCUT2D eigenvalue weighted by Gasteiger charge is -2.32. The molecule has 1 rings (SSSR count). The van der Waals surface area contributed by atoms with E-state index in [1.54, 1.807) is 0 Å². The second-order valence-corrected chi connectivity index (χ2v) is 4.41. The molecule has 2 atom stereocenters. The maximum absolute atomic E-state index is 10.8. The average Bonchev–Trinajstić information content (AvgIpc) is 2.35. The highest BCUT2D eigenvalue weighted by atomic mass is 16.5. The lowest BCUT2D eigenvalue weighted by Crippen LogP contribution is -2.43. The largest absolute Gasteiger partial charge is 0.493 e. The van der Waals surface area contributed by atoms with Crippen LogP contribution in [0.15, 0.2) is 16.4 Å². The first-order valence-electron chi connectivity index (χ1n) is 5.63. The van der Waals surface area contributed by atoms with Crippen LogP contribution in [0.2, 0.25) is 0 Å². The van der Waals surface area contributed by atoms with Gasteiger partial charge in [-0.3, -0.25) is 4.99 Å². The van der Waals surface area contributed by atoms with Gasteiger partial charge in [-0.05, 0) is 0 Å². The third-order valence-electron chi connectivity index (χ3n) is 2.84. The molecule has 2 unspecified atom stereocenters. The van der Waals surface area contributed by atoms with E-state index in [0.717, 1.165) is 0 Å². The molecule has 0 bridgehead atoms. The van der Waals surface area contributed by atoms with Crippen LogP contribution in [0.4, 0.5) is 0 Å². The van der Waals surface area contributed by atoms with Gasteiger partial charge < -0.3 is 30.9 Å². The van der Waals surface area contributed by atoms with Crippen molar-refractivity contribution in [1.29, 1.82) is 0 Å². The van der Waals surface area contributed by atoms with Gasteiger partial charge in [0.05, 0.1) is 37.3 Å². The zero-order valence-corrected chi connectivity index (χ0v) is 10.5. The Morgan fingerprint density at radius 1 is 1.53 bits per heavy atom. The smallest absolute Gasteiger partial charge is 0.330 e. The molecule has 1 aliphatic carbocycles. The van der Waals surface area contributed by atoms with E-state index < -0.39 is 30.8 Å². The highest BCUT2D eigenvalue weighted by molar-refractivity contribution is 6.01. The molecule has 19 heavy (non-hydrogen) atoms. The summed E-state index contributed by atoms with van der Waals surface area (Å²) < 4.78 is 5.04. The summed E-state index contributed by atoms with van der Waals surface area (Å²) in [6, 6.07) is -1.37. The van der Waals surface area contributed by atoms with Crippen molar-refractivity contribution < 1.29 is 30.0 Å². The van der Waals surface area contributed by atoms with Gasteiger partial charge in [0.25, 0.3) is 0 Å². The lowest BCUT2D eigenvalue weighted by atomic mass is 9.85. The molecule has 0 saturated heterocycles. The number of carboxylic acid groups (broad SMARTS) is 1.